The van der Waals surface area contributed by atoms with E-state index in [9.17, 15) is 14.4 Å². The molecule has 1 fully saturated rings. The van der Waals surface area contributed by atoms with E-state index < -0.39 is 0 Å². The highest BCUT2D eigenvalue weighted by atomic mass is 16.5. The average Bonchev–Trinajstić information content (AvgIpc) is 2.48. The number of hydrazone groups is 1. The van der Waals surface area contributed by atoms with E-state index in [0.717, 1.165) is 0 Å². The van der Waals surface area contributed by atoms with Crippen molar-refractivity contribution in [1.82, 2.24) is 9.91 Å². The zero-order valence-electron chi connectivity index (χ0n) is 11.8. The number of ether oxygens (including phenoxy) is 1. The monoisotopic (exact) mass is 281 g/mol. The van der Waals surface area contributed by atoms with Crippen molar-refractivity contribution in [3.8, 4) is 0 Å². The Labute approximate surface area is 117 Å². The maximum atomic E-state index is 12.3. The molecular formula is C13H19N3O4. The molecule has 2 rings (SSSR count). The highest BCUT2D eigenvalue weighted by Gasteiger charge is 2.31. The predicted octanol–water partition coefficient (Wildman–Crippen LogP) is 0.00620. The van der Waals surface area contributed by atoms with Gasteiger partial charge in [-0.15, -0.1) is 0 Å². The molecule has 7 nitrogen and oxygen atoms in total. The Bertz CT molecular complexity index is 453. The Kier molecular flexibility index (Phi) is 4.36. The van der Waals surface area contributed by atoms with Crippen LogP contribution in [0, 0.1) is 5.92 Å². The molecule has 0 aliphatic carbocycles. The molecule has 2 amide bonds. The highest BCUT2D eigenvalue weighted by Crippen LogP contribution is 2.20. The fourth-order valence-electron chi connectivity index (χ4n) is 2.49. The predicted molar refractivity (Wildman–Crippen MR) is 70.8 cm³/mol. The summed E-state index contributed by atoms with van der Waals surface area (Å²) in [4.78, 5) is 36.8. The third kappa shape index (κ3) is 2.97. The Morgan fingerprint density at radius 1 is 1.25 bits per heavy atom. The van der Waals surface area contributed by atoms with Crippen molar-refractivity contribution in [2.45, 2.75) is 25.7 Å². The molecule has 2 aliphatic heterocycles. The molecule has 110 valence electrons. The molecule has 7 heteroatoms. The minimum absolute atomic E-state index is 0.0778. The zero-order chi connectivity index (χ0) is 14.7. The lowest BCUT2D eigenvalue weighted by Crippen LogP contribution is -2.45. The Morgan fingerprint density at radius 3 is 2.45 bits per heavy atom. The molecule has 0 aromatic carbocycles. The first kappa shape index (κ1) is 14.5. The van der Waals surface area contributed by atoms with E-state index in [4.69, 9.17) is 4.74 Å². The SMILES string of the molecule is COC(=O)C1CCN(C(=O)C2=NN(C)C(=O)CC2)CC1. The number of piperidine rings is 1. The molecule has 0 N–H and O–H groups in total. The van der Waals surface area contributed by atoms with Crippen molar-refractivity contribution in [3.63, 3.8) is 0 Å². The standard InChI is InChI=1S/C13H19N3O4/c1-15-11(17)4-3-10(14-15)12(18)16-7-5-9(6-8-16)13(19)20-2/h9H,3-8H2,1-2H3. The van der Waals surface area contributed by atoms with E-state index in [2.05, 4.69) is 5.10 Å². The normalized spacial score (nSPS) is 20.7. The molecule has 0 aromatic rings. The molecule has 0 atom stereocenters. The van der Waals surface area contributed by atoms with Crippen molar-refractivity contribution in [1.29, 1.82) is 0 Å². The molecule has 0 saturated carbocycles. The molecule has 0 radical (unpaired) electrons. The number of likely N-dealkylation sites (tertiary alicyclic amines) is 1. The maximum absolute atomic E-state index is 12.3. The molecule has 0 bridgehead atoms. The summed E-state index contributed by atoms with van der Waals surface area (Å²) in [6.07, 6.45) is 1.93. The van der Waals surface area contributed by atoms with Crippen LogP contribution in [0.1, 0.15) is 25.7 Å². The van der Waals surface area contributed by atoms with Gasteiger partial charge in [0.1, 0.15) is 5.71 Å². The van der Waals surface area contributed by atoms with Gasteiger partial charge in [0.05, 0.1) is 13.0 Å². The van der Waals surface area contributed by atoms with Crippen LogP contribution in [-0.4, -0.2) is 60.7 Å². The van der Waals surface area contributed by atoms with Crippen LogP contribution in [0.3, 0.4) is 0 Å². The highest BCUT2D eigenvalue weighted by molar-refractivity contribution is 6.39. The second kappa shape index (κ2) is 6.02. The summed E-state index contributed by atoms with van der Waals surface area (Å²) >= 11 is 0. The summed E-state index contributed by atoms with van der Waals surface area (Å²) in [6.45, 7) is 1.05. The Hall–Kier alpha value is -1.92. The molecular weight excluding hydrogens is 262 g/mol. The fraction of sp³-hybridized carbons (Fsp3) is 0.692. The molecule has 0 aromatic heterocycles. The van der Waals surface area contributed by atoms with Crippen molar-refractivity contribution in [2.24, 2.45) is 11.0 Å². The van der Waals surface area contributed by atoms with Gasteiger partial charge in [0.15, 0.2) is 0 Å². The Balaban J connectivity index is 1.94. The number of nitrogens with zero attached hydrogens (tertiary/aromatic N) is 3. The quantitative estimate of drug-likeness (QED) is 0.668. The molecule has 2 aliphatic rings. The number of carbonyl (C=O) groups excluding carboxylic acids is 3. The summed E-state index contributed by atoms with van der Waals surface area (Å²) in [5.74, 6) is -0.544. The third-order valence-electron chi connectivity index (χ3n) is 3.77. The second-order valence-electron chi connectivity index (χ2n) is 5.05. The van der Waals surface area contributed by atoms with Crippen LogP contribution < -0.4 is 0 Å². The van der Waals surface area contributed by atoms with Gasteiger partial charge in [0.25, 0.3) is 5.91 Å². The summed E-state index contributed by atoms with van der Waals surface area (Å²) in [6, 6.07) is 0. The van der Waals surface area contributed by atoms with Crippen molar-refractivity contribution in [2.75, 3.05) is 27.2 Å². The lowest BCUT2D eigenvalue weighted by Gasteiger charge is -2.31. The number of hydrogen-bond donors (Lipinski definition) is 0. The first-order valence-electron chi connectivity index (χ1n) is 6.74. The lowest BCUT2D eigenvalue weighted by atomic mass is 9.96. The van der Waals surface area contributed by atoms with E-state index >= 15 is 0 Å². The van der Waals surface area contributed by atoms with Crippen molar-refractivity contribution >= 4 is 23.5 Å². The van der Waals surface area contributed by atoms with E-state index in [0.29, 0.717) is 44.5 Å². The smallest absolute Gasteiger partial charge is 0.308 e. The number of esters is 1. The van der Waals surface area contributed by atoms with Gasteiger partial charge in [-0.25, -0.2) is 5.01 Å². The third-order valence-corrected chi connectivity index (χ3v) is 3.77. The maximum Gasteiger partial charge on any atom is 0.308 e. The minimum atomic E-state index is -0.211. The van der Waals surface area contributed by atoms with Crippen LogP contribution in [0.4, 0.5) is 0 Å². The van der Waals surface area contributed by atoms with Gasteiger partial charge in [-0.1, -0.05) is 0 Å². The largest absolute Gasteiger partial charge is 0.469 e. The van der Waals surface area contributed by atoms with Gasteiger partial charge in [0, 0.05) is 33.0 Å². The summed E-state index contributed by atoms with van der Waals surface area (Å²) in [7, 11) is 2.93. The van der Waals surface area contributed by atoms with Gasteiger partial charge < -0.3 is 9.64 Å². The van der Waals surface area contributed by atoms with Gasteiger partial charge >= 0.3 is 5.97 Å². The van der Waals surface area contributed by atoms with Gasteiger partial charge in [-0.05, 0) is 12.8 Å². The summed E-state index contributed by atoms with van der Waals surface area (Å²) in [5.41, 5.74) is 0.420. The van der Waals surface area contributed by atoms with Gasteiger partial charge in [-0.3, -0.25) is 14.4 Å². The molecule has 20 heavy (non-hydrogen) atoms. The van der Waals surface area contributed by atoms with Crippen LogP contribution >= 0.6 is 0 Å². The average molecular weight is 281 g/mol. The van der Waals surface area contributed by atoms with Gasteiger partial charge in [-0.2, -0.15) is 5.10 Å². The van der Waals surface area contributed by atoms with E-state index in [1.54, 1.807) is 11.9 Å². The first-order valence-corrected chi connectivity index (χ1v) is 6.74. The Morgan fingerprint density at radius 2 is 1.90 bits per heavy atom. The van der Waals surface area contributed by atoms with Crippen molar-refractivity contribution < 1.29 is 19.1 Å². The minimum Gasteiger partial charge on any atom is -0.469 e. The van der Waals surface area contributed by atoms with E-state index in [-0.39, 0.29) is 23.7 Å². The van der Waals surface area contributed by atoms with E-state index in [1.165, 1.54) is 12.1 Å². The second-order valence-corrected chi connectivity index (χ2v) is 5.05. The lowest BCUT2D eigenvalue weighted by molar-refractivity contribution is -0.148. The van der Waals surface area contributed by atoms with Crippen molar-refractivity contribution in [3.05, 3.63) is 0 Å². The van der Waals surface area contributed by atoms with Crippen LogP contribution in [-0.2, 0) is 19.1 Å². The number of rotatable bonds is 2. The van der Waals surface area contributed by atoms with E-state index in [1.807, 2.05) is 0 Å². The van der Waals surface area contributed by atoms with Crippen LogP contribution in [0.25, 0.3) is 0 Å². The van der Waals surface area contributed by atoms with Crippen LogP contribution in [0.2, 0.25) is 0 Å². The zero-order valence-corrected chi connectivity index (χ0v) is 11.8. The van der Waals surface area contributed by atoms with Crippen LogP contribution in [0.5, 0.6) is 0 Å². The number of carbonyl (C=O) groups is 3. The topological polar surface area (TPSA) is 79.3 Å². The summed E-state index contributed by atoms with van der Waals surface area (Å²) < 4.78 is 4.72. The molecule has 2 heterocycles. The molecule has 0 spiro atoms. The molecule has 1 saturated heterocycles. The number of methoxy groups -OCH3 is 1. The van der Waals surface area contributed by atoms with Crippen LogP contribution in [0.15, 0.2) is 5.10 Å². The van der Waals surface area contributed by atoms with Gasteiger partial charge in [0.2, 0.25) is 5.91 Å². The first-order chi connectivity index (χ1) is 9.52. The summed E-state index contributed by atoms with van der Waals surface area (Å²) in [5, 5.41) is 5.25. The number of amides is 2. The number of hydrogen-bond acceptors (Lipinski definition) is 5. The fourth-order valence-corrected chi connectivity index (χ4v) is 2.49. The molecule has 0 unspecified atom stereocenters.